The third kappa shape index (κ3) is 5.30. The van der Waals surface area contributed by atoms with Gasteiger partial charge >= 0.3 is 0 Å². The van der Waals surface area contributed by atoms with E-state index in [2.05, 4.69) is 26.2 Å². The van der Waals surface area contributed by atoms with Gasteiger partial charge in [0.25, 0.3) is 0 Å². The Labute approximate surface area is 198 Å². The maximum Gasteiger partial charge on any atom is 0.151 e. The maximum absolute atomic E-state index is 9.67. The lowest BCUT2D eigenvalue weighted by molar-refractivity contribution is 0.0254. The second-order valence-electron chi connectivity index (χ2n) is 8.27. The van der Waals surface area contributed by atoms with Crippen LogP contribution in [-0.4, -0.2) is 65.8 Å². The van der Waals surface area contributed by atoms with E-state index in [0.717, 1.165) is 48.7 Å². The van der Waals surface area contributed by atoms with Crippen molar-refractivity contribution in [2.24, 2.45) is 0 Å². The summed E-state index contributed by atoms with van der Waals surface area (Å²) in [5.74, 6) is 2.10. The molecule has 2 aliphatic rings. The van der Waals surface area contributed by atoms with Crippen LogP contribution in [-0.2, 0) is 15.9 Å². The van der Waals surface area contributed by atoms with Crippen molar-refractivity contribution in [1.29, 1.82) is 5.26 Å². The fourth-order valence-electron chi connectivity index (χ4n) is 4.07. The Morgan fingerprint density at radius 3 is 2.59 bits per heavy atom. The summed E-state index contributed by atoms with van der Waals surface area (Å²) >= 11 is 0. The number of anilines is 1. The standard InChI is InChI=1S/C25H26N6O3/c26-17-19-15-18(1-3-23(19)34-21-6-11-32-12-7-21)22-5-8-27-24(28-22)16-20-2-4-25(30-29-20)31-9-13-33-14-10-31/h1-5,8,15,21H,6-7,9-14,16H2. The van der Waals surface area contributed by atoms with Crippen LogP contribution in [0.3, 0.4) is 0 Å². The average molecular weight is 459 g/mol. The summed E-state index contributed by atoms with van der Waals surface area (Å²) in [5, 5.41) is 18.4. The molecule has 2 aliphatic heterocycles. The molecular formula is C25H26N6O3. The summed E-state index contributed by atoms with van der Waals surface area (Å²) in [6.07, 6.45) is 3.94. The van der Waals surface area contributed by atoms with Gasteiger partial charge in [-0.1, -0.05) is 0 Å². The largest absolute Gasteiger partial charge is 0.489 e. The van der Waals surface area contributed by atoms with Gasteiger partial charge in [-0.25, -0.2) is 9.97 Å². The van der Waals surface area contributed by atoms with Gasteiger partial charge in [0.05, 0.1) is 49.8 Å². The first kappa shape index (κ1) is 22.2. The van der Waals surface area contributed by atoms with Crippen molar-refractivity contribution in [3.63, 3.8) is 0 Å². The number of benzene rings is 1. The minimum absolute atomic E-state index is 0.0769. The molecule has 2 fully saturated rings. The minimum Gasteiger partial charge on any atom is -0.489 e. The number of hydrogen-bond donors (Lipinski definition) is 0. The lowest BCUT2D eigenvalue weighted by Crippen LogP contribution is -2.36. The van der Waals surface area contributed by atoms with Crippen molar-refractivity contribution in [2.75, 3.05) is 44.4 Å². The zero-order chi connectivity index (χ0) is 23.2. The van der Waals surface area contributed by atoms with Crippen molar-refractivity contribution in [3.8, 4) is 23.1 Å². The van der Waals surface area contributed by atoms with Crippen LogP contribution in [0.5, 0.6) is 5.75 Å². The monoisotopic (exact) mass is 458 g/mol. The predicted octanol–water partition coefficient (Wildman–Crippen LogP) is 2.79. The molecule has 0 atom stereocenters. The summed E-state index contributed by atoms with van der Waals surface area (Å²) in [4.78, 5) is 11.3. The first-order chi connectivity index (χ1) is 16.8. The lowest BCUT2D eigenvalue weighted by Gasteiger charge is -2.27. The van der Waals surface area contributed by atoms with Crippen LogP contribution in [0, 0.1) is 11.3 Å². The van der Waals surface area contributed by atoms with Gasteiger partial charge in [0, 0.05) is 37.7 Å². The summed E-state index contributed by atoms with van der Waals surface area (Å²) in [6.45, 7) is 4.44. The summed E-state index contributed by atoms with van der Waals surface area (Å²) in [5.41, 5.74) is 2.88. The molecule has 174 valence electrons. The molecule has 0 N–H and O–H groups in total. The molecule has 0 amide bonds. The molecule has 2 saturated heterocycles. The quantitative estimate of drug-likeness (QED) is 0.551. The first-order valence-corrected chi connectivity index (χ1v) is 11.5. The van der Waals surface area contributed by atoms with E-state index in [1.54, 1.807) is 6.20 Å². The van der Waals surface area contributed by atoms with E-state index in [9.17, 15) is 5.26 Å². The van der Waals surface area contributed by atoms with E-state index in [1.165, 1.54) is 0 Å². The lowest BCUT2D eigenvalue weighted by atomic mass is 10.1. The fourth-order valence-corrected chi connectivity index (χ4v) is 4.07. The minimum atomic E-state index is 0.0769. The Balaban J connectivity index is 1.29. The second kappa shape index (κ2) is 10.5. The molecule has 0 bridgehead atoms. The van der Waals surface area contributed by atoms with Gasteiger partial charge < -0.3 is 19.1 Å². The van der Waals surface area contributed by atoms with Gasteiger partial charge in [-0.3, -0.25) is 0 Å². The van der Waals surface area contributed by atoms with Crippen LogP contribution < -0.4 is 9.64 Å². The SMILES string of the molecule is N#Cc1cc(-c2ccnc(Cc3ccc(N4CCOCC4)nn3)n2)ccc1OC1CCOCC1. The molecule has 0 saturated carbocycles. The molecule has 0 radical (unpaired) electrons. The van der Waals surface area contributed by atoms with Gasteiger partial charge in [-0.2, -0.15) is 10.4 Å². The molecule has 9 heteroatoms. The van der Waals surface area contributed by atoms with Crippen molar-refractivity contribution >= 4 is 5.82 Å². The van der Waals surface area contributed by atoms with E-state index >= 15 is 0 Å². The highest BCUT2D eigenvalue weighted by molar-refractivity contribution is 5.64. The van der Waals surface area contributed by atoms with Crippen LogP contribution in [0.4, 0.5) is 5.82 Å². The number of hydrogen-bond acceptors (Lipinski definition) is 9. The molecule has 9 nitrogen and oxygen atoms in total. The first-order valence-electron chi connectivity index (χ1n) is 11.5. The highest BCUT2D eigenvalue weighted by Crippen LogP contribution is 2.27. The van der Waals surface area contributed by atoms with Crippen LogP contribution in [0.2, 0.25) is 0 Å². The topological polar surface area (TPSA) is 106 Å². The van der Waals surface area contributed by atoms with Crippen LogP contribution in [0.15, 0.2) is 42.6 Å². The molecular weight excluding hydrogens is 432 g/mol. The number of ether oxygens (including phenoxy) is 3. The van der Waals surface area contributed by atoms with Crippen LogP contribution in [0.1, 0.15) is 29.9 Å². The van der Waals surface area contributed by atoms with Gasteiger partial charge in [0.2, 0.25) is 0 Å². The molecule has 2 aromatic heterocycles. The predicted molar refractivity (Wildman–Crippen MR) is 125 cm³/mol. The Morgan fingerprint density at radius 1 is 1.00 bits per heavy atom. The molecule has 0 unspecified atom stereocenters. The number of morpholine rings is 1. The van der Waals surface area contributed by atoms with Crippen molar-refractivity contribution in [1.82, 2.24) is 20.2 Å². The molecule has 4 heterocycles. The second-order valence-corrected chi connectivity index (χ2v) is 8.27. The maximum atomic E-state index is 9.67. The number of nitriles is 1. The third-order valence-electron chi connectivity index (χ3n) is 5.94. The Kier molecular flexibility index (Phi) is 6.89. The van der Waals surface area contributed by atoms with Crippen LogP contribution >= 0.6 is 0 Å². The van der Waals surface area contributed by atoms with E-state index in [4.69, 9.17) is 19.2 Å². The third-order valence-corrected chi connectivity index (χ3v) is 5.94. The summed E-state index contributed by atoms with van der Waals surface area (Å²) < 4.78 is 16.8. The zero-order valence-electron chi connectivity index (χ0n) is 18.9. The van der Waals surface area contributed by atoms with Crippen molar-refractivity contribution < 1.29 is 14.2 Å². The number of rotatable bonds is 6. The van der Waals surface area contributed by atoms with Gasteiger partial charge in [-0.15, -0.1) is 5.10 Å². The van der Waals surface area contributed by atoms with Gasteiger partial charge in [-0.05, 0) is 36.4 Å². The smallest absolute Gasteiger partial charge is 0.151 e. The number of nitrogens with zero attached hydrogens (tertiary/aromatic N) is 6. The molecule has 34 heavy (non-hydrogen) atoms. The Bertz CT molecular complexity index is 1150. The highest BCUT2D eigenvalue weighted by Gasteiger charge is 2.18. The molecule has 0 aliphatic carbocycles. The Morgan fingerprint density at radius 2 is 1.82 bits per heavy atom. The normalized spacial score (nSPS) is 16.7. The number of aromatic nitrogens is 4. The molecule has 5 rings (SSSR count). The van der Waals surface area contributed by atoms with Gasteiger partial charge in [0.15, 0.2) is 5.82 Å². The van der Waals surface area contributed by atoms with E-state index in [-0.39, 0.29) is 6.10 Å². The summed E-state index contributed by atoms with van der Waals surface area (Å²) in [7, 11) is 0. The van der Waals surface area contributed by atoms with Crippen LogP contribution in [0.25, 0.3) is 11.3 Å². The van der Waals surface area contributed by atoms with Crippen molar-refractivity contribution in [2.45, 2.75) is 25.4 Å². The van der Waals surface area contributed by atoms with Crippen molar-refractivity contribution in [3.05, 3.63) is 59.7 Å². The average Bonchev–Trinajstić information content (AvgIpc) is 2.91. The summed E-state index contributed by atoms with van der Waals surface area (Å²) in [6, 6.07) is 13.6. The molecule has 1 aromatic carbocycles. The van der Waals surface area contributed by atoms with E-state index in [1.807, 2.05) is 36.4 Å². The molecule has 3 aromatic rings. The van der Waals surface area contributed by atoms with E-state index < -0.39 is 0 Å². The Hall–Kier alpha value is -3.61. The van der Waals surface area contributed by atoms with Gasteiger partial charge in [0.1, 0.15) is 23.7 Å². The zero-order valence-corrected chi connectivity index (χ0v) is 18.9. The fraction of sp³-hybridized carbons (Fsp3) is 0.400. The molecule has 0 spiro atoms. The highest BCUT2D eigenvalue weighted by atomic mass is 16.5. The van der Waals surface area contributed by atoms with E-state index in [0.29, 0.717) is 50.0 Å².